The Bertz CT molecular complexity index is 494. The Morgan fingerprint density at radius 2 is 2.21 bits per heavy atom. The summed E-state index contributed by atoms with van der Waals surface area (Å²) in [5.41, 5.74) is 0.476. The molecule has 0 saturated carbocycles. The number of carboxylic acid groups (broad SMARTS) is 1. The lowest BCUT2D eigenvalue weighted by Crippen LogP contribution is -2.15. The highest BCUT2D eigenvalue weighted by molar-refractivity contribution is 6.01. The molecule has 0 aliphatic rings. The van der Waals surface area contributed by atoms with Crippen molar-refractivity contribution in [2.45, 2.75) is 19.3 Å². The van der Waals surface area contributed by atoms with E-state index in [0.29, 0.717) is 30.9 Å². The number of anilines is 1. The van der Waals surface area contributed by atoms with E-state index in [4.69, 9.17) is 15.1 Å². The zero-order valence-corrected chi connectivity index (χ0v) is 10.3. The topological polar surface area (TPSA) is 99.4 Å². The number of amides is 1. The Morgan fingerprint density at radius 1 is 1.42 bits per heavy atom. The second kappa shape index (κ2) is 7.71. The van der Waals surface area contributed by atoms with Gasteiger partial charge in [-0.2, -0.15) is 5.26 Å². The number of nitrogens with one attached hydrogen (secondary N) is 1. The zero-order chi connectivity index (χ0) is 14.1. The molecule has 19 heavy (non-hydrogen) atoms. The summed E-state index contributed by atoms with van der Waals surface area (Å²) in [6.45, 7) is 0.417. The molecule has 6 nitrogen and oxygen atoms in total. The van der Waals surface area contributed by atoms with Crippen LogP contribution in [0.1, 0.15) is 19.3 Å². The molecule has 0 saturated heterocycles. The lowest BCUT2D eigenvalue weighted by Gasteiger charge is -2.08. The van der Waals surface area contributed by atoms with Crippen molar-refractivity contribution in [1.82, 2.24) is 0 Å². The van der Waals surface area contributed by atoms with Crippen molar-refractivity contribution in [3.05, 3.63) is 24.3 Å². The lowest BCUT2D eigenvalue weighted by molar-refractivity contribution is -0.139. The fourth-order valence-electron chi connectivity index (χ4n) is 1.35. The van der Waals surface area contributed by atoms with Gasteiger partial charge in [0.1, 0.15) is 12.2 Å². The van der Waals surface area contributed by atoms with Gasteiger partial charge in [-0.25, -0.2) is 0 Å². The first kappa shape index (κ1) is 14.5. The number of benzene rings is 1. The van der Waals surface area contributed by atoms with Crippen LogP contribution in [0, 0.1) is 11.3 Å². The normalized spacial score (nSPS) is 9.42. The molecule has 1 rings (SSSR count). The quantitative estimate of drug-likeness (QED) is 0.576. The second-order valence-corrected chi connectivity index (χ2v) is 3.76. The molecular formula is C13H14N2O4. The Balaban J connectivity index is 2.50. The number of ether oxygens (including phenoxy) is 1. The zero-order valence-electron chi connectivity index (χ0n) is 10.3. The van der Waals surface area contributed by atoms with Crippen LogP contribution in [0.25, 0.3) is 0 Å². The summed E-state index contributed by atoms with van der Waals surface area (Å²) in [5.74, 6) is -1.21. The van der Waals surface area contributed by atoms with Crippen LogP contribution < -0.4 is 10.1 Å². The molecule has 0 aliphatic carbocycles. The molecule has 1 aromatic rings. The molecule has 0 aliphatic heterocycles. The third kappa shape index (κ3) is 6.07. The van der Waals surface area contributed by atoms with Gasteiger partial charge >= 0.3 is 5.97 Å². The molecule has 0 fully saturated rings. The summed E-state index contributed by atoms with van der Waals surface area (Å²) in [7, 11) is 0. The van der Waals surface area contributed by atoms with Gasteiger partial charge in [-0.3, -0.25) is 9.59 Å². The highest BCUT2D eigenvalue weighted by atomic mass is 16.5. The molecule has 1 aromatic carbocycles. The van der Waals surface area contributed by atoms with Crippen LogP contribution in [0.4, 0.5) is 5.69 Å². The second-order valence-electron chi connectivity index (χ2n) is 3.76. The monoisotopic (exact) mass is 262 g/mol. The van der Waals surface area contributed by atoms with Crippen molar-refractivity contribution >= 4 is 17.6 Å². The minimum Gasteiger partial charge on any atom is -0.493 e. The third-order valence-electron chi connectivity index (χ3n) is 2.13. The first-order valence-corrected chi connectivity index (χ1v) is 5.73. The summed E-state index contributed by atoms with van der Waals surface area (Å²) >= 11 is 0. The maximum atomic E-state index is 11.3. The first-order valence-electron chi connectivity index (χ1n) is 5.73. The smallest absolute Gasteiger partial charge is 0.312 e. The Morgan fingerprint density at radius 3 is 2.89 bits per heavy atom. The van der Waals surface area contributed by atoms with Gasteiger partial charge in [0.05, 0.1) is 12.7 Å². The average molecular weight is 262 g/mol. The van der Waals surface area contributed by atoms with Crippen LogP contribution in [-0.2, 0) is 9.59 Å². The van der Waals surface area contributed by atoms with E-state index in [1.165, 1.54) is 0 Å². The summed E-state index contributed by atoms with van der Waals surface area (Å²) in [5, 5.41) is 19.3. The average Bonchev–Trinajstić information content (AvgIpc) is 2.34. The molecule has 0 radical (unpaired) electrons. The molecule has 100 valence electrons. The number of rotatable bonds is 7. The Kier molecular flexibility index (Phi) is 5.89. The highest BCUT2D eigenvalue weighted by Gasteiger charge is 2.07. The van der Waals surface area contributed by atoms with Gasteiger partial charge < -0.3 is 15.2 Å². The van der Waals surface area contributed by atoms with Crippen LogP contribution in [-0.4, -0.2) is 23.6 Å². The van der Waals surface area contributed by atoms with Crippen molar-refractivity contribution in [3.8, 4) is 11.8 Å². The van der Waals surface area contributed by atoms with Gasteiger partial charge in [0, 0.05) is 18.2 Å². The van der Waals surface area contributed by atoms with Gasteiger partial charge in [0.2, 0.25) is 5.91 Å². The number of carbonyl (C=O) groups excluding carboxylic acids is 1. The molecule has 0 spiro atoms. The predicted molar refractivity (Wildman–Crippen MR) is 67.7 cm³/mol. The number of hydrogen-bond donors (Lipinski definition) is 2. The van der Waals surface area contributed by atoms with Crippen molar-refractivity contribution in [1.29, 1.82) is 5.26 Å². The van der Waals surface area contributed by atoms with Gasteiger partial charge in [0.25, 0.3) is 0 Å². The summed E-state index contributed by atoms with van der Waals surface area (Å²) in [4.78, 5) is 21.6. The third-order valence-corrected chi connectivity index (χ3v) is 2.13. The minimum atomic E-state index is -1.18. The van der Waals surface area contributed by atoms with E-state index in [1.54, 1.807) is 24.3 Å². The van der Waals surface area contributed by atoms with Gasteiger partial charge in [-0.15, -0.1) is 0 Å². The van der Waals surface area contributed by atoms with Gasteiger partial charge in [-0.1, -0.05) is 6.07 Å². The van der Waals surface area contributed by atoms with Gasteiger partial charge in [0.15, 0.2) is 0 Å². The fraction of sp³-hybridized carbons (Fsp3) is 0.308. The van der Waals surface area contributed by atoms with E-state index < -0.39 is 18.3 Å². The van der Waals surface area contributed by atoms with E-state index in [9.17, 15) is 9.59 Å². The number of carboxylic acids is 1. The van der Waals surface area contributed by atoms with Crippen LogP contribution in [0.5, 0.6) is 5.75 Å². The molecule has 0 aromatic heterocycles. The molecule has 0 unspecified atom stereocenters. The Labute approximate surface area is 110 Å². The molecular weight excluding hydrogens is 248 g/mol. The van der Waals surface area contributed by atoms with Crippen molar-refractivity contribution in [2.75, 3.05) is 11.9 Å². The van der Waals surface area contributed by atoms with E-state index in [2.05, 4.69) is 5.32 Å². The van der Waals surface area contributed by atoms with E-state index >= 15 is 0 Å². The largest absolute Gasteiger partial charge is 0.493 e. The van der Waals surface area contributed by atoms with Crippen molar-refractivity contribution in [3.63, 3.8) is 0 Å². The summed E-state index contributed by atoms with van der Waals surface area (Å²) in [6, 6.07) is 8.67. The van der Waals surface area contributed by atoms with E-state index in [1.807, 2.05) is 6.07 Å². The standard InChI is InChI=1S/C13H14N2O4/c14-6-1-2-7-19-11-5-3-4-10(8-11)15-12(16)9-13(17)18/h3-5,8H,1-2,7,9H2,(H,15,16)(H,17,18). The molecule has 0 heterocycles. The maximum Gasteiger partial charge on any atom is 0.312 e. The maximum absolute atomic E-state index is 11.3. The fourth-order valence-corrected chi connectivity index (χ4v) is 1.35. The van der Waals surface area contributed by atoms with Crippen LogP contribution in [0.15, 0.2) is 24.3 Å². The lowest BCUT2D eigenvalue weighted by atomic mass is 10.3. The minimum absolute atomic E-state index is 0.417. The van der Waals surface area contributed by atoms with Crippen LogP contribution in [0.3, 0.4) is 0 Å². The molecule has 1 amide bonds. The van der Waals surface area contributed by atoms with E-state index in [-0.39, 0.29) is 0 Å². The number of unbranched alkanes of at least 4 members (excludes halogenated alkanes) is 1. The summed E-state index contributed by atoms with van der Waals surface area (Å²) in [6.07, 6.45) is 0.481. The van der Waals surface area contributed by atoms with Crippen LogP contribution >= 0.6 is 0 Å². The highest BCUT2D eigenvalue weighted by Crippen LogP contribution is 2.17. The molecule has 6 heteroatoms. The number of aliphatic carboxylic acids is 1. The molecule has 0 bridgehead atoms. The molecule has 0 atom stereocenters. The summed E-state index contributed by atoms with van der Waals surface area (Å²) < 4.78 is 5.39. The van der Waals surface area contributed by atoms with Crippen LogP contribution in [0.2, 0.25) is 0 Å². The Hall–Kier alpha value is -2.55. The van der Waals surface area contributed by atoms with Crippen molar-refractivity contribution < 1.29 is 19.4 Å². The predicted octanol–water partition coefficient (Wildman–Crippen LogP) is 1.78. The van der Waals surface area contributed by atoms with Gasteiger partial charge in [-0.05, 0) is 18.6 Å². The number of carbonyl (C=O) groups is 2. The SMILES string of the molecule is N#CCCCOc1cccc(NC(=O)CC(=O)O)c1. The number of nitriles is 1. The first-order chi connectivity index (χ1) is 9.11. The number of hydrogen-bond acceptors (Lipinski definition) is 4. The van der Waals surface area contributed by atoms with Crippen molar-refractivity contribution in [2.24, 2.45) is 0 Å². The number of nitrogens with zero attached hydrogens (tertiary/aromatic N) is 1. The molecule has 2 N–H and O–H groups in total. The van der Waals surface area contributed by atoms with E-state index in [0.717, 1.165) is 0 Å².